The molecule has 0 nitrogen and oxygen atoms in total. The summed E-state index contributed by atoms with van der Waals surface area (Å²) < 4.78 is 0. The van der Waals surface area contributed by atoms with E-state index in [1.54, 1.807) is 0 Å². The van der Waals surface area contributed by atoms with Gasteiger partial charge in [0.25, 0.3) is 0 Å². The number of rotatable bonds is 0. The Morgan fingerprint density at radius 1 is 1.38 bits per heavy atom. The first kappa shape index (κ1) is 9.26. The molecule has 0 fully saturated rings. The zero-order valence-corrected chi connectivity index (χ0v) is 9.98. The highest BCUT2D eigenvalue weighted by Crippen LogP contribution is 2.50. The van der Waals surface area contributed by atoms with E-state index >= 15 is 0 Å². The zero-order chi connectivity index (χ0) is 9.64. The van der Waals surface area contributed by atoms with Crippen molar-refractivity contribution in [3.63, 3.8) is 0 Å². The molecule has 70 valence electrons. The Kier molecular flexibility index (Phi) is 2.03. The van der Waals surface area contributed by atoms with Gasteiger partial charge in [-0.15, -0.1) is 0 Å². The molecule has 1 aliphatic carbocycles. The Hall–Kier alpha value is -0.300. The summed E-state index contributed by atoms with van der Waals surface area (Å²) in [6, 6.07) is 6.78. The first-order valence-corrected chi connectivity index (χ1v) is 5.66. The van der Waals surface area contributed by atoms with Crippen LogP contribution < -0.4 is 0 Å². The highest BCUT2D eigenvalue weighted by Gasteiger charge is 2.36. The fourth-order valence-corrected chi connectivity index (χ4v) is 2.74. The maximum Gasteiger partial charge on any atom is 0.0452 e. The summed E-state index contributed by atoms with van der Waals surface area (Å²) in [5.74, 6) is 0. The van der Waals surface area contributed by atoms with Crippen LogP contribution >= 0.6 is 15.9 Å². The Morgan fingerprint density at radius 2 is 2.08 bits per heavy atom. The predicted molar refractivity (Wildman–Crippen MR) is 60.3 cm³/mol. The molecule has 0 heterocycles. The SMILES string of the molecule is Cc1ccc2c(c1)CC(C)(C)C2Br. The van der Waals surface area contributed by atoms with Crippen molar-refractivity contribution in [1.29, 1.82) is 0 Å². The summed E-state index contributed by atoms with van der Waals surface area (Å²) in [7, 11) is 0. The number of halogens is 1. The van der Waals surface area contributed by atoms with Gasteiger partial charge in [-0.3, -0.25) is 0 Å². The highest BCUT2D eigenvalue weighted by molar-refractivity contribution is 9.09. The molecule has 0 aliphatic heterocycles. The van der Waals surface area contributed by atoms with E-state index in [2.05, 4.69) is 54.9 Å². The molecule has 1 heteroatoms. The van der Waals surface area contributed by atoms with Gasteiger partial charge in [0, 0.05) is 4.83 Å². The molecule has 1 atom stereocenters. The van der Waals surface area contributed by atoms with Crippen molar-refractivity contribution in [2.75, 3.05) is 0 Å². The van der Waals surface area contributed by atoms with Crippen LogP contribution in [0.4, 0.5) is 0 Å². The number of hydrogen-bond donors (Lipinski definition) is 0. The molecule has 0 N–H and O–H groups in total. The van der Waals surface area contributed by atoms with Crippen molar-refractivity contribution in [2.24, 2.45) is 5.41 Å². The van der Waals surface area contributed by atoms with Gasteiger partial charge in [-0.1, -0.05) is 53.5 Å². The van der Waals surface area contributed by atoms with E-state index in [0.717, 1.165) is 0 Å². The van der Waals surface area contributed by atoms with E-state index in [9.17, 15) is 0 Å². The smallest absolute Gasteiger partial charge is 0.0452 e. The lowest BCUT2D eigenvalue weighted by atomic mass is 9.90. The number of benzene rings is 1. The molecule has 0 bridgehead atoms. The lowest BCUT2D eigenvalue weighted by molar-refractivity contribution is 0.389. The maximum atomic E-state index is 3.78. The van der Waals surface area contributed by atoms with Gasteiger partial charge in [-0.05, 0) is 29.9 Å². The fraction of sp³-hybridized carbons (Fsp3) is 0.500. The van der Waals surface area contributed by atoms with Crippen LogP contribution in [0.15, 0.2) is 18.2 Å². The summed E-state index contributed by atoms with van der Waals surface area (Å²) in [5.41, 5.74) is 4.74. The molecular weight excluding hydrogens is 224 g/mol. The standard InChI is InChI=1S/C12H15Br/c1-8-4-5-10-9(6-8)7-12(2,3)11(10)13/h4-6,11H,7H2,1-3H3. The molecule has 0 radical (unpaired) electrons. The highest BCUT2D eigenvalue weighted by atomic mass is 79.9. The van der Waals surface area contributed by atoms with Gasteiger partial charge in [-0.25, -0.2) is 0 Å². The van der Waals surface area contributed by atoms with Crippen LogP contribution in [0.25, 0.3) is 0 Å². The van der Waals surface area contributed by atoms with Gasteiger partial charge < -0.3 is 0 Å². The summed E-state index contributed by atoms with van der Waals surface area (Å²) in [5, 5.41) is 0. The summed E-state index contributed by atoms with van der Waals surface area (Å²) in [6.45, 7) is 6.80. The first-order valence-electron chi connectivity index (χ1n) is 4.74. The van der Waals surface area contributed by atoms with E-state index in [1.807, 2.05) is 0 Å². The van der Waals surface area contributed by atoms with E-state index in [1.165, 1.54) is 23.1 Å². The van der Waals surface area contributed by atoms with Crippen LogP contribution in [0.5, 0.6) is 0 Å². The second kappa shape index (κ2) is 2.84. The third-order valence-electron chi connectivity index (χ3n) is 2.90. The van der Waals surface area contributed by atoms with Gasteiger partial charge >= 0.3 is 0 Å². The van der Waals surface area contributed by atoms with Crippen LogP contribution in [0, 0.1) is 12.3 Å². The average Bonchev–Trinajstić information content (AvgIpc) is 2.22. The summed E-state index contributed by atoms with van der Waals surface area (Å²) >= 11 is 3.78. The minimum absolute atomic E-state index is 0.371. The molecule has 0 amide bonds. The molecule has 1 aromatic carbocycles. The minimum Gasteiger partial charge on any atom is -0.0833 e. The topological polar surface area (TPSA) is 0 Å². The lowest BCUT2D eigenvalue weighted by Gasteiger charge is -2.21. The van der Waals surface area contributed by atoms with Crippen LogP contribution in [-0.4, -0.2) is 0 Å². The third-order valence-corrected chi connectivity index (χ3v) is 4.64. The normalized spacial score (nSPS) is 24.5. The third kappa shape index (κ3) is 1.43. The van der Waals surface area contributed by atoms with Gasteiger partial charge in [-0.2, -0.15) is 0 Å². The van der Waals surface area contributed by atoms with Crippen LogP contribution in [0.3, 0.4) is 0 Å². The van der Waals surface area contributed by atoms with Crippen molar-refractivity contribution in [1.82, 2.24) is 0 Å². The maximum absolute atomic E-state index is 3.78. The number of fused-ring (bicyclic) bond motifs is 1. The number of hydrogen-bond acceptors (Lipinski definition) is 0. The van der Waals surface area contributed by atoms with E-state index in [4.69, 9.17) is 0 Å². The van der Waals surface area contributed by atoms with Gasteiger partial charge in [0.05, 0.1) is 0 Å². The van der Waals surface area contributed by atoms with Gasteiger partial charge in [0.2, 0.25) is 0 Å². The molecule has 0 saturated carbocycles. The molecule has 1 aliphatic rings. The fourth-order valence-electron chi connectivity index (χ4n) is 2.14. The van der Waals surface area contributed by atoms with Crippen molar-refractivity contribution in [3.8, 4) is 0 Å². The Bertz CT molecular complexity index is 339. The first-order chi connectivity index (χ1) is 6.00. The molecular formula is C12H15Br. The van der Waals surface area contributed by atoms with E-state index < -0.39 is 0 Å². The molecule has 2 rings (SSSR count). The molecule has 0 saturated heterocycles. The molecule has 0 spiro atoms. The molecule has 1 aromatic rings. The molecule has 1 unspecified atom stereocenters. The number of alkyl halides is 1. The van der Waals surface area contributed by atoms with Gasteiger partial charge in [0.15, 0.2) is 0 Å². The second-order valence-corrected chi connectivity index (χ2v) is 5.65. The van der Waals surface area contributed by atoms with Crippen molar-refractivity contribution >= 4 is 15.9 Å². The van der Waals surface area contributed by atoms with Crippen molar-refractivity contribution < 1.29 is 0 Å². The Balaban J connectivity index is 2.50. The van der Waals surface area contributed by atoms with Gasteiger partial charge in [0.1, 0.15) is 0 Å². The zero-order valence-electron chi connectivity index (χ0n) is 8.39. The molecule has 13 heavy (non-hydrogen) atoms. The lowest BCUT2D eigenvalue weighted by Crippen LogP contribution is -2.12. The van der Waals surface area contributed by atoms with Crippen molar-refractivity contribution in [2.45, 2.75) is 32.0 Å². The largest absolute Gasteiger partial charge is 0.0833 e. The van der Waals surface area contributed by atoms with Crippen LogP contribution in [0.1, 0.15) is 35.4 Å². The van der Waals surface area contributed by atoms with E-state index in [0.29, 0.717) is 10.2 Å². The average molecular weight is 239 g/mol. The van der Waals surface area contributed by atoms with E-state index in [-0.39, 0.29) is 0 Å². The minimum atomic E-state index is 0.371. The van der Waals surface area contributed by atoms with Crippen molar-refractivity contribution in [3.05, 3.63) is 34.9 Å². The Labute approximate surface area is 88.5 Å². The monoisotopic (exact) mass is 238 g/mol. The Morgan fingerprint density at radius 3 is 2.77 bits per heavy atom. The summed E-state index contributed by atoms with van der Waals surface area (Å²) in [6.07, 6.45) is 1.19. The van der Waals surface area contributed by atoms with Crippen LogP contribution in [-0.2, 0) is 6.42 Å². The summed E-state index contributed by atoms with van der Waals surface area (Å²) in [4.78, 5) is 0.524. The van der Waals surface area contributed by atoms with Crippen LogP contribution in [0.2, 0.25) is 0 Å². The quantitative estimate of drug-likeness (QED) is 0.600. The second-order valence-electron chi connectivity index (χ2n) is 4.73. The molecule has 0 aromatic heterocycles. The number of aryl methyl sites for hydroxylation is 1. The predicted octanol–water partition coefficient (Wildman–Crippen LogP) is 4.01.